The van der Waals surface area contributed by atoms with Gasteiger partial charge in [0, 0.05) is 18.6 Å². The average molecular weight is 332 g/mol. The lowest BCUT2D eigenvalue weighted by Crippen LogP contribution is -2.31. The first-order chi connectivity index (χ1) is 10.6. The molecule has 112 valence electrons. The van der Waals surface area contributed by atoms with Gasteiger partial charge in [-0.2, -0.15) is 5.10 Å². The first-order valence-electron chi connectivity index (χ1n) is 6.50. The van der Waals surface area contributed by atoms with Crippen LogP contribution in [0.2, 0.25) is 0 Å². The van der Waals surface area contributed by atoms with Gasteiger partial charge in [0.25, 0.3) is 5.69 Å². The molecule has 3 rings (SSSR count). The van der Waals surface area contributed by atoms with E-state index >= 15 is 0 Å². The molecule has 8 heteroatoms. The summed E-state index contributed by atoms with van der Waals surface area (Å²) in [4.78, 5) is 11.4. The molecule has 1 aromatic carbocycles. The van der Waals surface area contributed by atoms with E-state index in [9.17, 15) is 10.1 Å². The van der Waals surface area contributed by atoms with Crippen molar-refractivity contribution >= 4 is 40.1 Å². The maximum Gasteiger partial charge on any atom is 0.269 e. The van der Waals surface area contributed by atoms with Crippen LogP contribution in [-0.4, -0.2) is 20.8 Å². The number of nitrogens with zero attached hydrogens (tertiary/aromatic N) is 3. The SMILES string of the molecule is NC(=S)N1N=C(c2cccs2)CC1c1ccc([N+](=O)[O-])cc1. The molecule has 0 saturated carbocycles. The maximum absolute atomic E-state index is 10.7. The lowest BCUT2D eigenvalue weighted by Gasteiger charge is -2.21. The Labute approximate surface area is 136 Å². The Kier molecular flexibility index (Phi) is 3.86. The number of hydrogen-bond acceptors (Lipinski definition) is 5. The van der Waals surface area contributed by atoms with Crippen LogP contribution in [0.25, 0.3) is 0 Å². The largest absolute Gasteiger partial charge is 0.375 e. The number of nitro groups is 1. The van der Waals surface area contributed by atoms with E-state index in [2.05, 4.69) is 5.10 Å². The van der Waals surface area contributed by atoms with Crippen LogP contribution in [0.15, 0.2) is 46.9 Å². The molecule has 22 heavy (non-hydrogen) atoms. The number of non-ortho nitro benzene ring substituents is 1. The monoisotopic (exact) mass is 332 g/mol. The first kappa shape index (κ1) is 14.6. The van der Waals surface area contributed by atoms with Gasteiger partial charge in [0.2, 0.25) is 0 Å². The number of nitro benzene ring substituents is 1. The van der Waals surface area contributed by atoms with Crippen LogP contribution in [0, 0.1) is 10.1 Å². The zero-order chi connectivity index (χ0) is 15.7. The summed E-state index contributed by atoms with van der Waals surface area (Å²) >= 11 is 6.68. The number of thiocarbonyl (C=S) groups is 1. The summed E-state index contributed by atoms with van der Waals surface area (Å²) in [7, 11) is 0. The minimum atomic E-state index is -0.419. The predicted octanol–water partition coefficient (Wildman–Crippen LogP) is 3.05. The molecule has 1 unspecified atom stereocenters. The Balaban J connectivity index is 1.90. The summed E-state index contributed by atoms with van der Waals surface area (Å²) < 4.78 is 0. The van der Waals surface area contributed by atoms with Gasteiger partial charge in [0.1, 0.15) is 0 Å². The quantitative estimate of drug-likeness (QED) is 0.530. The van der Waals surface area contributed by atoms with Crippen molar-refractivity contribution in [3.63, 3.8) is 0 Å². The molecule has 2 N–H and O–H groups in total. The molecule has 6 nitrogen and oxygen atoms in total. The topological polar surface area (TPSA) is 84.8 Å². The van der Waals surface area contributed by atoms with E-state index in [0.29, 0.717) is 6.42 Å². The molecule has 0 radical (unpaired) electrons. The molecular weight excluding hydrogens is 320 g/mol. The number of hydrazone groups is 1. The highest BCUT2D eigenvalue weighted by atomic mass is 32.1. The highest BCUT2D eigenvalue weighted by Gasteiger charge is 2.31. The maximum atomic E-state index is 10.7. The number of benzene rings is 1. The van der Waals surface area contributed by atoms with Crippen molar-refractivity contribution in [3.05, 3.63) is 62.3 Å². The highest BCUT2D eigenvalue weighted by Crippen LogP contribution is 2.34. The summed E-state index contributed by atoms with van der Waals surface area (Å²) in [5.41, 5.74) is 7.64. The third-order valence-corrected chi connectivity index (χ3v) is 4.54. The molecule has 0 saturated heterocycles. The van der Waals surface area contributed by atoms with Gasteiger partial charge >= 0.3 is 0 Å². The van der Waals surface area contributed by atoms with E-state index in [4.69, 9.17) is 18.0 Å². The molecule has 0 fully saturated rings. The normalized spacial score (nSPS) is 17.4. The Bertz CT molecular complexity index is 741. The molecule has 0 amide bonds. The van der Waals surface area contributed by atoms with Gasteiger partial charge in [-0.1, -0.05) is 18.2 Å². The van der Waals surface area contributed by atoms with Crippen molar-refractivity contribution in [1.29, 1.82) is 0 Å². The van der Waals surface area contributed by atoms with Crippen LogP contribution >= 0.6 is 23.6 Å². The summed E-state index contributed by atoms with van der Waals surface area (Å²) in [5.74, 6) is 0. The predicted molar refractivity (Wildman–Crippen MR) is 89.9 cm³/mol. The lowest BCUT2D eigenvalue weighted by molar-refractivity contribution is -0.384. The number of nitrogens with two attached hydrogens (primary N) is 1. The van der Waals surface area contributed by atoms with Crippen LogP contribution in [-0.2, 0) is 0 Å². The minimum absolute atomic E-state index is 0.0584. The second kappa shape index (κ2) is 5.82. The van der Waals surface area contributed by atoms with Gasteiger partial charge in [0.05, 0.1) is 21.6 Å². The van der Waals surface area contributed by atoms with Crippen molar-refractivity contribution in [1.82, 2.24) is 5.01 Å². The van der Waals surface area contributed by atoms with Crippen LogP contribution in [0.5, 0.6) is 0 Å². The lowest BCUT2D eigenvalue weighted by atomic mass is 10.0. The summed E-state index contributed by atoms with van der Waals surface area (Å²) in [6.07, 6.45) is 0.662. The van der Waals surface area contributed by atoms with E-state index in [1.165, 1.54) is 12.1 Å². The van der Waals surface area contributed by atoms with E-state index in [0.717, 1.165) is 16.2 Å². The van der Waals surface area contributed by atoms with Crippen molar-refractivity contribution in [3.8, 4) is 0 Å². The van der Waals surface area contributed by atoms with Crippen molar-refractivity contribution < 1.29 is 4.92 Å². The Hall–Kier alpha value is -2.32. The summed E-state index contributed by atoms with van der Waals surface area (Å²) in [6.45, 7) is 0. The first-order valence-corrected chi connectivity index (χ1v) is 7.79. The van der Waals surface area contributed by atoms with Gasteiger partial charge in [-0.3, -0.25) is 10.1 Å². The van der Waals surface area contributed by atoms with E-state index in [1.54, 1.807) is 28.5 Å². The molecule has 2 heterocycles. The Morgan fingerprint density at radius 3 is 2.68 bits per heavy atom. The smallest absolute Gasteiger partial charge is 0.269 e. The molecule has 1 aromatic heterocycles. The zero-order valence-corrected chi connectivity index (χ0v) is 13.0. The number of rotatable bonds is 3. The zero-order valence-electron chi connectivity index (χ0n) is 11.4. The van der Waals surface area contributed by atoms with Gasteiger partial charge in [-0.25, -0.2) is 5.01 Å². The van der Waals surface area contributed by atoms with Crippen molar-refractivity contribution in [2.75, 3.05) is 0 Å². The van der Waals surface area contributed by atoms with E-state index < -0.39 is 4.92 Å². The van der Waals surface area contributed by atoms with Crippen LogP contribution in [0.3, 0.4) is 0 Å². The van der Waals surface area contributed by atoms with E-state index in [1.807, 2.05) is 17.5 Å². The Morgan fingerprint density at radius 2 is 2.14 bits per heavy atom. The molecule has 0 spiro atoms. The molecule has 0 aliphatic carbocycles. The molecule has 2 aromatic rings. The van der Waals surface area contributed by atoms with Crippen molar-refractivity contribution in [2.24, 2.45) is 10.8 Å². The van der Waals surface area contributed by atoms with Gasteiger partial charge in [-0.05, 0) is 29.2 Å². The third-order valence-electron chi connectivity index (χ3n) is 3.43. The molecule has 1 atom stereocenters. The second-order valence-corrected chi connectivity index (χ2v) is 6.14. The van der Waals surface area contributed by atoms with Crippen LogP contribution in [0.4, 0.5) is 5.69 Å². The number of hydrogen-bond donors (Lipinski definition) is 1. The van der Waals surface area contributed by atoms with Gasteiger partial charge in [-0.15, -0.1) is 11.3 Å². The highest BCUT2D eigenvalue weighted by molar-refractivity contribution is 7.80. The fourth-order valence-electron chi connectivity index (χ4n) is 2.38. The fourth-order valence-corrected chi connectivity index (χ4v) is 3.27. The third kappa shape index (κ3) is 2.70. The molecule has 1 aliphatic rings. The number of thiophene rings is 1. The summed E-state index contributed by atoms with van der Waals surface area (Å²) in [5, 5.41) is 19.0. The van der Waals surface area contributed by atoms with Gasteiger partial charge < -0.3 is 5.73 Å². The van der Waals surface area contributed by atoms with Gasteiger partial charge in [0.15, 0.2) is 5.11 Å². The van der Waals surface area contributed by atoms with Crippen LogP contribution < -0.4 is 5.73 Å². The molecule has 0 bridgehead atoms. The van der Waals surface area contributed by atoms with Crippen molar-refractivity contribution in [2.45, 2.75) is 12.5 Å². The molecule has 1 aliphatic heterocycles. The molecular formula is C14H12N4O2S2. The Morgan fingerprint density at radius 1 is 1.41 bits per heavy atom. The second-order valence-electron chi connectivity index (χ2n) is 4.78. The summed E-state index contributed by atoms with van der Waals surface area (Å²) in [6, 6.07) is 10.2. The fraction of sp³-hybridized carbons (Fsp3) is 0.143. The van der Waals surface area contributed by atoms with E-state index in [-0.39, 0.29) is 16.8 Å². The van der Waals surface area contributed by atoms with Crippen LogP contribution in [0.1, 0.15) is 22.9 Å². The average Bonchev–Trinajstić information content (AvgIpc) is 3.16. The minimum Gasteiger partial charge on any atom is -0.375 e. The standard InChI is InChI=1S/C14H12N4O2S2/c15-14(21)17-12(8-11(16-17)13-2-1-7-22-13)9-3-5-10(6-4-9)18(19)20/h1-7,12H,8H2,(H2,15,21).